The molecular weight excluding hydrogens is 244 g/mol. The SMILES string of the molecule is C=CCN(CC=C)C(=O)N1CCCC(C)(C(=O)O)C1. The fraction of sp³-hybridized carbons (Fsp3) is 0.571. The highest BCUT2D eigenvalue weighted by atomic mass is 16.4. The molecule has 1 atom stereocenters. The van der Waals surface area contributed by atoms with Crippen LogP contribution in [0.4, 0.5) is 4.79 Å². The standard InChI is InChI=1S/C14H22N2O3/c1-4-8-15(9-5-2)13(19)16-10-6-7-14(3,11-16)12(17)18/h4-5H,1-2,6-11H2,3H3,(H,17,18). The van der Waals surface area contributed by atoms with Gasteiger partial charge in [0.15, 0.2) is 0 Å². The minimum absolute atomic E-state index is 0.146. The number of nitrogens with zero attached hydrogens (tertiary/aromatic N) is 2. The van der Waals surface area contributed by atoms with E-state index in [2.05, 4.69) is 13.2 Å². The van der Waals surface area contributed by atoms with Crippen LogP contribution in [-0.2, 0) is 4.79 Å². The Kier molecular flexibility index (Phi) is 5.15. The Balaban J connectivity index is 2.77. The largest absolute Gasteiger partial charge is 0.481 e. The number of hydrogen-bond acceptors (Lipinski definition) is 2. The van der Waals surface area contributed by atoms with Crippen molar-refractivity contribution in [1.82, 2.24) is 9.80 Å². The van der Waals surface area contributed by atoms with Crippen LogP contribution in [0.3, 0.4) is 0 Å². The lowest BCUT2D eigenvalue weighted by molar-refractivity contribution is -0.150. The topological polar surface area (TPSA) is 60.9 Å². The first-order chi connectivity index (χ1) is 8.94. The molecule has 1 saturated heterocycles. The summed E-state index contributed by atoms with van der Waals surface area (Å²) in [5, 5.41) is 9.26. The highest BCUT2D eigenvalue weighted by molar-refractivity contribution is 5.78. The van der Waals surface area contributed by atoms with E-state index in [1.54, 1.807) is 28.9 Å². The van der Waals surface area contributed by atoms with Crippen molar-refractivity contribution in [2.24, 2.45) is 5.41 Å². The third-order valence-electron chi connectivity index (χ3n) is 3.45. The zero-order chi connectivity index (χ0) is 14.5. The summed E-state index contributed by atoms with van der Waals surface area (Å²) in [6.07, 6.45) is 4.63. The summed E-state index contributed by atoms with van der Waals surface area (Å²) in [7, 11) is 0. The van der Waals surface area contributed by atoms with Gasteiger partial charge >= 0.3 is 12.0 Å². The molecule has 1 aliphatic rings. The van der Waals surface area contributed by atoms with Gasteiger partial charge in [0.1, 0.15) is 0 Å². The van der Waals surface area contributed by atoms with Crippen LogP contribution in [0.2, 0.25) is 0 Å². The Morgan fingerprint density at radius 3 is 2.42 bits per heavy atom. The van der Waals surface area contributed by atoms with Crippen LogP contribution in [0.5, 0.6) is 0 Å². The van der Waals surface area contributed by atoms with E-state index >= 15 is 0 Å². The third kappa shape index (κ3) is 3.59. The summed E-state index contributed by atoms with van der Waals surface area (Å²) < 4.78 is 0. The Morgan fingerprint density at radius 1 is 1.37 bits per heavy atom. The lowest BCUT2D eigenvalue weighted by Crippen LogP contribution is -2.52. The monoisotopic (exact) mass is 266 g/mol. The van der Waals surface area contributed by atoms with E-state index in [0.29, 0.717) is 32.5 Å². The van der Waals surface area contributed by atoms with Crippen LogP contribution >= 0.6 is 0 Å². The average Bonchev–Trinajstić information content (AvgIpc) is 2.37. The van der Waals surface area contributed by atoms with Crippen LogP contribution in [0.1, 0.15) is 19.8 Å². The maximum absolute atomic E-state index is 12.4. The summed E-state index contributed by atoms with van der Waals surface area (Å²) in [5.41, 5.74) is -0.845. The van der Waals surface area contributed by atoms with E-state index in [1.807, 2.05) is 0 Å². The van der Waals surface area contributed by atoms with Crippen molar-refractivity contribution in [3.05, 3.63) is 25.3 Å². The maximum atomic E-state index is 12.4. The molecule has 1 unspecified atom stereocenters. The van der Waals surface area contributed by atoms with Crippen molar-refractivity contribution in [2.45, 2.75) is 19.8 Å². The Labute approximate surface area is 114 Å². The Bertz CT molecular complexity index is 371. The van der Waals surface area contributed by atoms with Gasteiger partial charge in [0, 0.05) is 26.2 Å². The third-order valence-corrected chi connectivity index (χ3v) is 3.45. The fourth-order valence-electron chi connectivity index (χ4n) is 2.32. The van der Waals surface area contributed by atoms with Crippen LogP contribution in [0, 0.1) is 5.41 Å². The molecule has 0 aromatic heterocycles. The molecule has 1 aliphatic heterocycles. The molecule has 1 N–H and O–H groups in total. The van der Waals surface area contributed by atoms with E-state index in [0.717, 1.165) is 0 Å². The fourth-order valence-corrected chi connectivity index (χ4v) is 2.32. The van der Waals surface area contributed by atoms with Gasteiger partial charge in [-0.25, -0.2) is 4.79 Å². The number of rotatable bonds is 5. The summed E-state index contributed by atoms with van der Waals surface area (Å²) >= 11 is 0. The van der Waals surface area contributed by atoms with Gasteiger partial charge in [0.2, 0.25) is 0 Å². The molecule has 1 heterocycles. The lowest BCUT2D eigenvalue weighted by atomic mass is 9.82. The van der Waals surface area contributed by atoms with E-state index in [-0.39, 0.29) is 12.6 Å². The van der Waals surface area contributed by atoms with Gasteiger partial charge in [-0.05, 0) is 19.8 Å². The number of urea groups is 1. The van der Waals surface area contributed by atoms with Crippen molar-refractivity contribution in [1.29, 1.82) is 0 Å². The van der Waals surface area contributed by atoms with Gasteiger partial charge in [0.25, 0.3) is 0 Å². The predicted octanol–water partition coefficient (Wildman–Crippen LogP) is 1.97. The van der Waals surface area contributed by atoms with Gasteiger partial charge < -0.3 is 14.9 Å². The molecule has 106 valence electrons. The molecular formula is C14H22N2O3. The second kappa shape index (κ2) is 6.41. The number of carbonyl (C=O) groups excluding carboxylic acids is 1. The summed E-state index contributed by atoms with van der Waals surface area (Å²) in [4.78, 5) is 26.9. The van der Waals surface area contributed by atoms with Gasteiger partial charge in [-0.2, -0.15) is 0 Å². The lowest BCUT2D eigenvalue weighted by Gasteiger charge is -2.39. The van der Waals surface area contributed by atoms with Crippen molar-refractivity contribution in [3.63, 3.8) is 0 Å². The molecule has 0 radical (unpaired) electrons. The molecule has 0 aromatic carbocycles. The maximum Gasteiger partial charge on any atom is 0.320 e. The minimum Gasteiger partial charge on any atom is -0.481 e. The second-order valence-corrected chi connectivity index (χ2v) is 5.16. The van der Waals surface area contributed by atoms with E-state index < -0.39 is 11.4 Å². The summed E-state index contributed by atoms with van der Waals surface area (Å²) in [5.74, 6) is -0.844. The van der Waals surface area contributed by atoms with Crippen LogP contribution < -0.4 is 0 Å². The smallest absolute Gasteiger partial charge is 0.320 e. The summed E-state index contributed by atoms with van der Waals surface area (Å²) in [6.45, 7) is 10.7. The molecule has 5 nitrogen and oxygen atoms in total. The van der Waals surface area contributed by atoms with E-state index in [4.69, 9.17) is 0 Å². The highest BCUT2D eigenvalue weighted by Gasteiger charge is 2.40. The van der Waals surface area contributed by atoms with Crippen molar-refractivity contribution in [2.75, 3.05) is 26.2 Å². The molecule has 0 spiro atoms. The number of aliphatic carboxylic acids is 1. The first-order valence-corrected chi connectivity index (χ1v) is 6.43. The van der Waals surface area contributed by atoms with Gasteiger partial charge in [-0.3, -0.25) is 4.79 Å². The van der Waals surface area contributed by atoms with Crippen LogP contribution in [0.15, 0.2) is 25.3 Å². The number of carbonyl (C=O) groups is 2. The number of carboxylic acid groups (broad SMARTS) is 1. The second-order valence-electron chi connectivity index (χ2n) is 5.16. The predicted molar refractivity (Wildman–Crippen MR) is 73.9 cm³/mol. The van der Waals surface area contributed by atoms with E-state index in [9.17, 15) is 14.7 Å². The van der Waals surface area contributed by atoms with Crippen LogP contribution in [0.25, 0.3) is 0 Å². The molecule has 1 fully saturated rings. The molecule has 0 saturated carbocycles. The molecule has 2 amide bonds. The van der Waals surface area contributed by atoms with E-state index in [1.165, 1.54) is 0 Å². The van der Waals surface area contributed by atoms with Gasteiger partial charge in [0.05, 0.1) is 5.41 Å². The first kappa shape index (κ1) is 15.3. The van der Waals surface area contributed by atoms with Crippen molar-refractivity contribution < 1.29 is 14.7 Å². The molecule has 19 heavy (non-hydrogen) atoms. The van der Waals surface area contributed by atoms with Crippen molar-refractivity contribution in [3.8, 4) is 0 Å². The quantitative estimate of drug-likeness (QED) is 0.774. The molecule has 0 aromatic rings. The van der Waals surface area contributed by atoms with Crippen molar-refractivity contribution >= 4 is 12.0 Å². The number of piperidine rings is 1. The van der Waals surface area contributed by atoms with Crippen LogP contribution in [-0.4, -0.2) is 53.1 Å². The number of likely N-dealkylation sites (tertiary alicyclic amines) is 1. The molecule has 0 aliphatic carbocycles. The highest BCUT2D eigenvalue weighted by Crippen LogP contribution is 2.30. The zero-order valence-electron chi connectivity index (χ0n) is 11.5. The Morgan fingerprint density at radius 2 is 1.95 bits per heavy atom. The Hall–Kier alpha value is -1.78. The number of amides is 2. The normalized spacial score (nSPS) is 22.7. The first-order valence-electron chi connectivity index (χ1n) is 6.43. The number of carboxylic acids is 1. The molecule has 5 heteroatoms. The minimum atomic E-state index is -0.845. The average molecular weight is 266 g/mol. The number of hydrogen-bond donors (Lipinski definition) is 1. The zero-order valence-corrected chi connectivity index (χ0v) is 11.5. The molecule has 0 bridgehead atoms. The van der Waals surface area contributed by atoms with Gasteiger partial charge in [-0.1, -0.05) is 12.2 Å². The molecule has 1 rings (SSSR count). The van der Waals surface area contributed by atoms with Gasteiger partial charge in [-0.15, -0.1) is 13.2 Å². The summed E-state index contributed by atoms with van der Waals surface area (Å²) in [6, 6.07) is -0.146.